The molecule has 0 aliphatic rings. The molecule has 0 saturated carbocycles. The van der Waals surface area contributed by atoms with Crippen molar-refractivity contribution in [3.8, 4) is 0 Å². The van der Waals surface area contributed by atoms with E-state index in [1.165, 1.54) is 0 Å². The summed E-state index contributed by atoms with van der Waals surface area (Å²) >= 11 is 0. The molecule has 82 valence electrons. The monoisotopic (exact) mass is 215 g/mol. The highest BCUT2D eigenvalue weighted by atomic mass is 19.1. The molecule has 5 heteroatoms. The van der Waals surface area contributed by atoms with Crippen molar-refractivity contribution in [1.82, 2.24) is 5.32 Å². The topological polar surface area (TPSA) is 49.3 Å². The summed E-state index contributed by atoms with van der Waals surface area (Å²) in [7, 11) is 0. The first-order valence-electron chi connectivity index (χ1n) is 4.49. The second-order valence-electron chi connectivity index (χ2n) is 2.96. The van der Waals surface area contributed by atoms with Gasteiger partial charge in [0.25, 0.3) is 5.91 Å². The van der Waals surface area contributed by atoms with E-state index in [0.29, 0.717) is 6.42 Å². The predicted octanol–water partition coefficient (Wildman–Crippen LogP) is 1.08. The van der Waals surface area contributed by atoms with Gasteiger partial charge in [-0.25, -0.2) is 8.78 Å². The van der Waals surface area contributed by atoms with Crippen LogP contribution in [0.3, 0.4) is 0 Å². The molecular weight excluding hydrogens is 204 g/mol. The third-order valence-corrected chi connectivity index (χ3v) is 1.79. The van der Waals surface area contributed by atoms with Crippen LogP contribution in [0.15, 0.2) is 18.2 Å². The smallest absolute Gasteiger partial charge is 0.254 e. The fraction of sp³-hybridized carbons (Fsp3) is 0.300. The van der Waals surface area contributed by atoms with Crippen molar-refractivity contribution in [3.63, 3.8) is 0 Å². The van der Waals surface area contributed by atoms with Crippen LogP contribution in [0.25, 0.3) is 0 Å². The Morgan fingerprint density at radius 3 is 2.80 bits per heavy atom. The maximum Gasteiger partial charge on any atom is 0.254 e. The van der Waals surface area contributed by atoms with Crippen molar-refractivity contribution >= 4 is 5.91 Å². The number of hydrogen-bond acceptors (Lipinski definition) is 2. The van der Waals surface area contributed by atoms with Gasteiger partial charge in [-0.1, -0.05) is 0 Å². The van der Waals surface area contributed by atoms with Gasteiger partial charge in [-0.15, -0.1) is 0 Å². The number of amides is 1. The van der Waals surface area contributed by atoms with Crippen molar-refractivity contribution in [3.05, 3.63) is 35.4 Å². The maximum absolute atomic E-state index is 13.1. The quantitative estimate of drug-likeness (QED) is 0.738. The summed E-state index contributed by atoms with van der Waals surface area (Å²) < 4.78 is 25.8. The first-order valence-corrected chi connectivity index (χ1v) is 4.49. The number of aliphatic hydroxyl groups is 1. The van der Waals surface area contributed by atoms with Crippen LogP contribution >= 0.6 is 0 Å². The first kappa shape index (κ1) is 11.6. The van der Waals surface area contributed by atoms with Crippen LogP contribution in [0.5, 0.6) is 0 Å². The van der Waals surface area contributed by atoms with E-state index >= 15 is 0 Å². The van der Waals surface area contributed by atoms with E-state index in [0.717, 1.165) is 18.2 Å². The lowest BCUT2D eigenvalue weighted by atomic mass is 10.2. The van der Waals surface area contributed by atoms with Crippen LogP contribution in [0, 0.1) is 11.6 Å². The van der Waals surface area contributed by atoms with E-state index in [9.17, 15) is 13.6 Å². The molecule has 0 atom stereocenters. The molecule has 0 saturated heterocycles. The SMILES string of the molecule is O=C(NCCCO)c1cc(F)ccc1F. The summed E-state index contributed by atoms with van der Waals surface area (Å²) in [6.07, 6.45) is 0.378. The fourth-order valence-electron chi connectivity index (χ4n) is 1.05. The summed E-state index contributed by atoms with van der Waals surface area (Å²) in [6.45, 7) is 0.164. The minimum absolute atomic E-state index is 0.0636. The molecule has 0 fully saturated rings. The van der Waals surface area contributed by atoms with Crippen LogP contribution in [-0.4, -0.2) is 24.2 Å². The highest BCUT2D eigenvalue weighted by molar-refractivity contribution is 5.94. The Morgan fingerprint density at radius 2 is 2.13 bits per heavy atom. The summed E-state index contributed by atoms with van der Waals surface area (Å²) in [5, 5.41) is 10.8. The Morgan fingerprint density at radius 1 is 1.40 bits per heavy atom. The molecule has 0 unspecified atom stereocenters. The molecular formula is C10H11F2NO2. The molecule has 15 heavy (non-hydrogen) atoms. The second kappa shape index (κ2) is 5.41. The number of carbonyl (C=O) groups is 1. The van der Waals surface area contributed by atoms with Crippen LogP contribution in [0.4, 0.5) is 8.78 Å². The summed E-state index contributed by atoms with van der Waals surface area (Å²) in [4.78, 5) is 11.3. The molecule has 3 nitrogen and oxygen atoms in total. The zero-order valence-electron chi connectivity index (χ0n) is 7.96. The van der Waals surface area contributed by atoms with Gasteiger partial charge in [0.15, 0.2) is 0 Å². The summed E-state index contributed by atoms with van der Waals surface area (Å²) in [5.41, 5.74) is -0.326. The van der Waals surface area contributed by atoms with E-state index < -0.39 is 17.5 Å². The molecule has 1 aromatic rings. The standard InChI is InChI=1S/C10H11F2NO2/c11-7-2-3-9(12)8(6-7)10(15)13-4-1-5-14/h2-3,6,14H,1,4-5H2,(H,13,15). The molecule has 0 aliphatic heterocycles. The molecule has 1 rings (SSSR count). The van der Waals surface area contributed by atoms with Gasteiger partial charge in [-0.3, -0.25) is 4.79 Å². The van der Waals surface area contributed by atoms with Gasteiger partial charge in [-0.05, 0) is 24.6 Å². The number of hydrogen-bond donors (Lipinski definition) is 2. The normalized spacial score (nSPS) is 10.1. The number of benzene rings is 1. The molecule has 0 spiro atoms. The second-order valence-corrected chi connectivity index (χ2v) is 2.96. The Hall–Kier alpha value is -1.49. The van der Waals surface area contributed by atoms with Crippen molar-refractivity contribution < 1.29 is 18.7 Å². The Balaban J connectivity index is 2.68. The average molecular weight is 215 g/mol. The number of rotatable bonds is 4. The van der Waals surface area contributed by atoms with Crippen LogP contribution in [0.2, 0.25) is 0 Å². The maximum atomic E-state index is 13.1. The van der Waals surface area contributed by atoms with E-state index in [2.05, 4.69) is 5.32 Å². The summed E-state index contributed by atoms with van der Waals surface area (Å²) in [5.74, 6) is -2.11. The number of nitrogens with one attached hydrogen (secondary N) is 1. The predicted molar refractivity (Wildman–Crippen MR) is 50.4 cm³/mol. The van der Waals surface area contributed by atoms with E-state index in [-0.39, 0.29) is 18.7 Å². The van der Waals surface area contributed by atoms with Gasteiger partial charge in [0, 0.05) is 13.2 Å². The lowest BCUT2D eigenvalue weighted by molar-refractivity contribution is 0.0946. The van der Waals surface area contributed by atoms with Gasteiger partial charge in [0.05, 0.1) is 5.56 Å². The third-order valence-electron chi connectivity index (χ3n) is 1.79. The molecule has 1 aromatic carbocycles. The molecule has 1 amide bonds. The van der Waals surface area contributed by atoms with Gasteiger partial charge in [-0.2, -0.15) is 0 Å². The fourth-order valence-corrected chi connectivity index (χ4v) is 1.05. The van der Waals surface area contributed by atoms with Crippen molar-refractivity contribution in [2.75, 3.05) is 13.2 Å². The molecule has 0 radical (unpaired) electrons. The molecule has 0 bridgehead atoms. The van der Waals surface area contributed by atoms with Crippen LogP contribution in [0.1, 0.15) is 16.8 Å². The average Bonchev–Trinajstić information content (AvgIpc) is 2.22. The minimum Gasteiger partial charge on any atom is -0.396 e. The molecule has 0 aliphatic carbocycles. The number of carbonyl (C=O) groups excluding carboxylic acids is 1. The Labute approximate surface area is 85.7 Å². The van der Waals surface area contributed by atoms with E-state index in [4.69, 9.17) is 5.11 Å². The third kappa shape index (κ3) is 3.28. The lowest BCUT2D eigenvalue weighted by Crippen LogP contribution is -2.26. The first-order chi connectivity index (χ1) is 7.15. The minimum atomic E-state index is -0.766. The Bertz CT molecular complexity index is 355. The highest BCUT2D eigenvalue weighted by Gasteiger charge is 2.11. The zero-order valence-corrected chi connectivity index (χ0v) is 7.96. The van der Waals surface area contributed by atoms with Gasteiger partial charge in [0.2, 0.25) is 0 Å². The molecule has 0 aromatic heterocycles. The molecule has 2 N–H and O–H groups in total. The lowest BCUT2D eigenvalue weighted by Gasteiger charge is -2.04. The molecule has 0 heterocycles. The van der Waals surface area contributed by atoms with E-state index in [1.807, 2.05) is 0 Å². The van der Waals surface area contributed by atoms with Crippen molar-refractivity contribution in [2.45, 2.75) is 6.42 Å². The number of aliphatic hydroxyl groups excluding tert-OH is 1. The zero-order chi connectivity index (χ0) is 11.3. The van der Waals surface area contributed by atoms with Crippen LogP contribution in [-0.2, 0) is 0 Å². The van der Waals surface area contributed by atoms with E-state index in [1.54, 1.807) is 0 Å². The largest absolute Gasteiger partial charge is 0.396 e. The van der Waals surface area contributed by atoms with Gasteiger partial charge in [0.1, 0.15) is 11.6 Å². The highest BCUT2D eigenvalue weighted by Crippen LogP contribution is 2.09. The summed E-state index contributed by atoms with van der Waals surface area (Å²) in [6, 6.07) is 2.68. The van der Waals surface area contributed by atoms with Crippen molar-refractivity contribution in [2.24, 2.45) is 0 Å². The Kier molecular flexibility index (Phi) is 4.17. The van der Waals surface area contributed by atoms with Crippen LogP contribution < -0.4 is 5.32 Å². The van der Waals surface area contributed by atoms with Crippen molar-refractivity contribution in [1.29, 1.82) is 0 Å². The van der Waals surface area contributed by atoms with Gasteiger partial charge >= 0.3 is 0 Å². The number of halogens is 2. The van der Waals surface area contributed by atoms with Gasteiger partial charge < -0.3 is 10.4 Å².